The standard InChI is InChI=1S/C20H22F3N5O4S/c1-32-18-13(4-3-8-24-18)10-25-16-14(11-26-19(28-16)20(21,22)23)17(29)27-15(12-5-6-12)7-9-33(2,30)31/h3-4,7-9,11-12,15H,5-6,10H2,1-2H3,(H,27,29)(H,25,26,28)/b9-7+/t15-/m1/s1. The first-order chi connectivity index (χ1) is 15.5. The predicted octanol–water partition coefficient (Wildman–Crippen LogP) is 2.58. The topological polar surface area (TPSA) is 123 Å². The van der Waals surface area contributed by atoms with Crippen LogP contribution in [0.5, 0.6) is 5.88 Å². The van der Waals surface area contributed by atoms with E-state index in [0.717, 1.165) is 30.7 Å². The number of carbonyl (C=O) groups excluding carboxylic acids is 1. The van der Waals surface area contributed by atoms with Crippen molar-refractivity contribution >= 4 is 21.6 Å². The van der Waals surface area contributed by atoms with Gasteiger partial charge < -0.3 is 15.4 Å². The summed E-state index contributed by atoms with van der Waals surface area (Å²) >= 11 is 0. The van der Waals surface area contributed by atoms with Crippen LogP contribution in [0.15, 0.2) is 36.0 Å². The highest BCUT2D eigenvalue weighted by atomic mass is 32.2. The van der Waals surface area contributed by atoms with Gasteiger partial charge in [-0.3, -0.25) is 4.79 Å². The molecule has 33 heavy (non-hydrogen) atoms. The van der Waals surface area contributed by atoms with Crippen LogP contribution in [0, 0.1) is 5.92 Å². The van der Waals surface area contributed by atoms with E-state index < -0.39 is 33.8 Å². The first-order valence-electron chi connectivity index (χ1n) is 9.83. The summed E-state index contributed by atoms with van der Waals surface area (Å²) in [6.07, 6.45) is 1.43. The largest absolute Gasteiger partial charge is 0.481 e. The molecule has 2 N–H and O–H groups in total. The van der Waals surface area contributed by atoms with Crippen LogP contribution in [0.25, 0.3) is 0 Å². The van der Waals surface area contributed by atoms with Gasteiger partial charge in [-0.25, -0.2) is 23.4 Å². The van der Waals surface area contributed by atoms with Gasteiger partial charge >= 0.3 is 6.18 Å². The zero-order chi connectivity index (χ0) is 24.2. The second kappa shape index (κ2) is 9.73. The lowest BCUT2D eigenvalue weighted by molar-refractivity contribution is -0.144. The number of hydrogen-bond acceptors (Lipinski definition) is 8. The Morgan fingerprint density at radius 1 is 1.33 bits per heavy atom. The summed E-state index contributed by atoms with van der Waals surface area (Å²) in [6, 6.07) is 2.69. The van der Waals surface area contributed by atoms with E-state index in [1.54, 1.807) is 12.1 Å². The first kappa shape index (κ1) is 24.4. The minimum absolute atomic E-state index is 0.0222. The van der Waals surface area contributed by atoms with Gasteiger partial charge in [0.1, 0.15) is 11.4 Å². The molecule has 2 aromatic heterocycles. The van der Waals surface area contributed by atoms with Gasteiger partial charge in [-0.05, 0) is 24.8 Å². The highest BCUT2D eigenvalue weighted by Crippen LogP contribution is 2.34. The lowest BCUT2D eigenvalue weighted by atomic mass is 10.1. The minimum Gasteiger partial charge on any atom is -0.481 e. The Hall–Kier alpha value is -3.22. The summed E-state index contributed by atoms with van der Waals surface area (Å²) in [4.78, 5) is 23.7. The zero-order valence-electron chi connectivity index (χ0n) is 17.8. The number of pyridine rings is 1. The maximum atomic E-state index is 13.2. The van der Waals surface area contributed by atoms with Gasteiger partial charge in [0.05, 0.1) is 13.2 Å². The van der Waals surface area contributed by atoms with Gasteiger partial charge in [-0.15, -0.1) is 0 Å². The molecule has 0 aromatic carbocycles. The number of sulfone groups is 1. The normalized spacial score (nSPS) is 15.3. The second-order valence-electron chi connectivity index (χ2n) is 7.47. The Morgan fingerprint density at radius 3 is 2.67 bits per heavy atom. The third kappa shape index (κ3) is 6.88. The predicted molar refractivity (Wildman–Crippen MR) is 113 cm³/mol. The van der Waals surface area contributed by atoms with Gasteiger partial charge in [0.2, 0.25) is 11.7 Å². The molecule has 1 amide bonds. The number of methoxy groups -OCH3 is 1. The van der Waals surface area contributed by atoms with Crippen molar-refractivity contribution in [3.8, 4) is 5.88 Å². The molecule has 0 spiro atoms. The number of amides is 1. The number of hydrogen-bond donors (Lipinski definition) is 2. The molecule has 1 aliphatic carbocycles. The van der Waals surface area contributed by atoms with Gasteiger partial charge in [0, 0.05) is 36.2 Å². The van der Waals surface area contributed by atoms with Crippen LogP contribution in [-0.2, 0) is 22.6 Å². The van der Waals surface area contributed by atoms with Crippen LogP contribution in [0.4, 0.5) is 19.0 Å². The van der Waals surface area contributed by atoms with Crippen LogP contribution >= 0.6 is 0 Å². The highest BCUT2D eigenvalue weighted by molar-refractivity contribution is 7.93. The van der Waals surface area contributed by atoms with Crippen LogP contribution in [-0.4, -0.2) is 48.7 Å². The third-order valence-corrected chi connectivity index (χ3v) is 5.39. The SMILES string of the molecule is COc1ncccc1CNc1nc(C(F)(F)F)ncc1C(=O)N[C@H](/C=C/S(C)(=O)=O)C1CC1. The maximum Gasteiger partial charge on any atom is 0.451 e. The Bertz CT molecular complexity index is 1150. The highest BCUT2D eigenvalue weighted by Gasteiger charge is 2.36. The first-order valence-corrected chi connectivity index (χ1v) is 11.8. The molecule has 0 bridgehead atoms. The van der Waals surface area contributed by atoms with Crippen molar-refractivity contribution < 1.29 is 31.1 Å². The molecule has 3 rings (SSSR count). The Balaban J connectivity index is 1.88. The summed E-state index contributed by atoms with van der Waals surface area (Å²) in [7, 11) is -2.01. The van der Waals surface area contributed by atoms with Crippen molar-refractivity contribution in [3.63, 3.8) is 0 Å². The summed E-state index contributed by atoms with van der Waals surface area (Å²) in [5.41, 5.74) is 0.315. The summed E-state index contributed by atoms with van der Waals surface area (Å²) in [5.74, 6) is -2.17. The summed E-state index contributed by atoms with van der Waals surface area (Å²) < 4.78 is 67.5. The molecule has 0 radical (unpaired) electrons. The lowest BCUT2D eigenvalue weighted by Crippen LogP contribution is -2.36. The fourth-order valence-corrected chi connectivity index (χ4v) is 3.43. The molecule has 13 heteroatoms. The molecule has 178 valence electrons. The molecule has 2 heterocycles. The molecular weight excluding hydrogens is 463 g/mol. The van der Waals surface area contributed by atoms with Crippen LogP contribution in [0.2, 0.25) is 0 Å². The minimum atomic E-state index is -4.81. The van der Waals surface area contributed by atoms with E-state index in [-0.39, 0.29) is 29.7 Å². The van der Waals surface area contributed by atoms with Gasteiger partial charge in [0.25, 0.3) is 5.91 Å². The summed E-state index contributed by atoms with van der Waals surface area (Å²) in [6.45, 7) is -0.0222. The van der Waals surface area contributed by atoms with Crippen molar-refractivity contribution in [3.05, 3.63) is 53.0 Å². The molecule has 0 aliphatic heterocycles. The fraction of sp³-hybridized carbons (Fsp3) is 0.400. The number of anilines is 1. The Kier molecular flexibility index (Phi) is 7.20. The Labute approximate surface area is 188 Å². The molecular formula is C20H22F3N5O4S. The molecule has 2 aromatic rings. The van der Waals surface area contributed by atoms with E-state index in [4.69, 9.17) is 4.74 Å². The summed E-state index contributed by atoms with van der Waals surface area (Å²) in [5, 5.41) is 6.38. The number of nitrogens with zero attached hydrogens (tertiary/aromatic N) is 3. The number of halogens is 3. The molecule has 9 nitrogen and oxygen atoms in total. The number of rotatable bonds is 9. The van der Waals surface area contributed by atoms with E-state index in [2.05, 4.69) is 25.6 Å². The van der Waals surface area contributed by atoms with Gasteiger partial charge in [0.15, 0.2) is 9.84 Å². The maximum absolute atomic E-state index is 13.2. The molecule has 0 saturated heterocycles. The fourth-order valence-electron chi connectivity index (χ4n) is 2.98. The monoisotopic (exact) mass is 485 g/mol. The number of carbonyl (C=O) groups is 1. The van der Waals surface area contributed by atoms with Crippen molar-refractivity contribution in [1.82, 2.24) is 20.3 Å². The molecule has 0 unspecified atom stereocenters. The van der Waals surface area contributed by atoms with E-state index in [9.17, 15) is 26.4 Å². The van der Waals surface area contributed by atoms with Gasteiger partial charge in [-0.2, -0.15) is 13.2 Å². The van der Waals surface area contributed by atoms with Crippen LogP contribution in [0.1, 0.15) is 34.6 Å². The lowest BCUT2D eigenvalue weighted by Gasteiger charge is -2.17. The number of aromatic nitrogens is 3. The molecule has 1 aliphatic rings. The van der Waals surface area contributed by atoms with Crippen molar-refractivity contribution in [1.29, 1.82) is 0 Å². The Morgan fingerprint density at radius 2 is 2.06 bits per heavy atom. The molecule has 1 saturated carbocycles. The van der Waals surface area contributed by atoms with Crippen LogP contribution in [0.3, 0.4) is 0 Å². The zero-order valence-corrected chi connectivity index (χ0v) is 18.6. The van der Waals surface area contributed by atoms with E-state index in [1.807, 2.05) is 0 Å². The third-order valence-electron chi connectivity index (χ3n) is 4.74. The van der Waals surface area contributed by atoms with Crippen molar-refractivity contribution in [2.75, 3.05) is 18.7 Å². The van der Waals surface area contributed by atoms with E-state index >= 15 is 0 Å². The van der Waals surface area contributed by atoms with Gasteiger partial charge in [-0.1, -0.05) is 12.1 Å². The average molecular weight is 485 g/mol. The number of ether oxygens (including phenoxy) is 1. The smallest absolute Gasteiger partial charge is 0.451 e. The van der Waals surface area contributed by atoms with Crippen molar-refractivity contribution in [2.24, 2.45) is 5.92 Å². The number of alkyl halides is 3. The molecule has 1 fully saturated rings. The second-order valence-corrected chi connectivity index (χ2v) is 9.40. The van der Waals surface area contributed by atoms with E-state index in [0.29, 0.717) is 5.56 Å². The quantitative estimate of drug-likeness (QED) is 0.556. The average Bonchev–Trinajstić information content (AvgIpc) is 3.59. The van der Waals surface area contributed by atoms with E-state index in [1.165, 1.54) is 19.4 Å². The van der Waals surface area contributed by atoms with Crippen LogP contribution < -0.4 is 15.4 Å². The molecule has 1 atom stereocenters. The van der Waals surface area contributed by atoms with Crippen molar-refractivity contribution in [2.45, 2.75) is 31.6 Å². The number of nitrogens with one attached hydrogen (secondary N) is 2.